The number of aryl methyl sites for hydroxylation is 1. The number of likely N-dealkylation sites (tertiary alicyclic amines) is 1. The number of sulfone groups is 1. The van der Waals surface area contributed by atoms with Gasteiger partial charge in [0.05, 0.1) is 17.7 Å². The summed E-state index contributed by atoms with van der Waals surface area (Å²) in [7, 11) is -0.999. The van der Waals surface area contributed by atoms with E-state index in [0.29, 0.717) is 18.8 Å². The van der Waals surface area contributed by atoms with Gasteiger partial charge in [0.2, 0.25) is 5.91 Å². The first-order chi connectivity index (χ1) is 12.4. The smallest absolute Gasteiger partial charge is 0.223 e. The van der Waals surface area contributed by atoms with Crippen LogP contribution in [-0.2, 0) is 28.2 Å². The van der Waals surface area contributed by atoms with Crippen LogP contribution in [0.4, 0.5) is 0 Å². The molecule has 146 valence electrons. The third-order valence-corrected chi connectivity index (χ3v) is 7.48. The Hall–Kier alpha value is -1.41. The molecule has 1 aromatic rings. The molecule has 1 aromatic heterocycles. The van der Waals surface area contributed by atoms with E-state index in [1.165, 1.54) is 5.56 Å². The number of nitrogens with zero attached hydrogens (tertiary/aromatic N) is 3. The first-order valence-corrected chi connectivity index (χ1v) is 11.4. The Morgan fingerprint density at radius 2 is 2.04 bits per heavy atom. The van der Waals surface area contributed by atoms with Gasteiger partial charge in [0, 0.05) is 50.4 Å². The first kappa shape index (κ1) is 19.4. The van der Waals surface area contributed by atoms with Gasteiger partial charge in [-0.15, -0.1) is 0 Å². The third kappa shape index (κ3) is 4.85. The topological polar surface area (TPSA) is 84.3 Å². The van der Waals surface area contributed by atoms with E-state index in [4.69, 9.17) is 0 Å². The van der Waals surface area contributed by atoms with Crippen molar-refractivity contribution in [3.05, 3.63) is 18.0 Å². The Morgan fingerprint density at radius 1 is 1.31 bits per heavy atom. The van der Waals surface area contributed by atoms with E-state index in [1.54, 1.807) is 0 Å². The Balaban J connectivity index is 1.52. The van der Waals surface area contributed by atoms with Crippen molar-refractivity contribution in [1.29, 1.82) is 0 Å². The summed E-state index contributed by atoms with van der Waals surface area (Å²) in [6.45, 7) is 4.99. The van der Waals surface area contributed by atoms with E-state index in [-0.39, 0.29) is 29.4 Å². The van der Waals surface area contributed by atoms with Gasteiger partial charge < -0.3 is 5.32 Å². The Bertz CT molecular complexity index is 717. The molecule has 7 nitrogen and oxygen atoms in total. The van der Waals surface area contributed by atoms with Gasteiger partial charge in [-0.3, -0.25) is 14.4 Å². The quantitative estimate of drug-likeness (QED) is 0.820. The molecule has 0 bridgehead atoms. The van der Waals surface area contributed by atoms with Crippen LogP contribution in [0.1, 0.15) is 38.2 Å². The fourth-order valence-electron chi connectivity index (χ4n) is 4.12. The van der Waals surface area contributed by atoms with Gasteiger partial charge in [-0.2, -0.15) is 5.10 Å². The van der Waals surface area contributed by atoms with Crippen molar-refractivity contribution in [3.8, 4) is 0 Å². The van der Waals surface area contributed by atoms with Crippen LogP contribution in [0, 0.1) is 11.8 Å². The van der Waals surface area contributed by atoms with Crippen LogP contribution in [0.25, 0.3) is 0 Å². The molecule has 2 fully saturated rings. The Kier molecular flexibility index (Phi) is 6.02. The normalized spacial score (nSPS) is 27.3. The number of rotatable bonds is 5. The predicted molar refractivity (Wildman–Crippen MR) is 100 cm³/mol. The number of nitrogens with one attached hydrogen (secondary N) is 1. The summed E-state index contributed by atoms with van der Waals surface area (Å²) in [4.78, 5) is 15.0. The second-order valence-electron chi connectivity index (χ2n) is 7.76. The molecule has 2 saturated heterocycles. The average molecular weight is 383 g/mol. The molecule has 0 spiro atoms. The minimum absolute atomic E-state index is 0.0454. The largest absolute Gasteiger partial charge is 0.353 e. The van der Waals surface area contributed by atoms with Gasteiger partial charge >= 0.3 is 0 Å². The Morgan fingerprint density at radius 3 is 2.65 bits per heavy atom. The molecule has 0 saturated carbocycles. The van der Waals surface area contributed by atoms with E-state index in [2.05, 4.69) is 22.2 Å². The van der Waals surface area contributed by atoms with Gasteiger partial charge in [-0.05, 0) is 25.2 Å². The number of carbonyl (C=O) groups is 1. The zero-order valence-corrected chi connectivity index (χ0v) is 16.5. The number of hydrogen-bond donors (Lipinski definition) is 1. The predicted octanol–water partition coefficient (Wildman–Crippen LogP) is 0.962. The molecule has 1 N–H and O–H groups in total. The lowest BCUT2D eigenvalue weighted by molar-refractivity contribution is -0.126. The fourth-order valence-corrected chi connectivity index (χ4v) is 5.61. The highest BCUT2D eigenvalue weighted by Gasteiger charge is 2.33. The highest BCUT2D eigenvalue weighted by Crippen LogP contribution is 2.24. The van der Waals surface area contributed by atoms with Crippen LogP contribution in [-0.4, -0.2) is 59.6 Å². The van der Waals surface area contributed by atoms with Crippen molar-refractivity contribution in [2.75, 3.05) is 24.6 Å². The molecule has 2 aliphatic heterocycles. The molecule has 26 heavy (non-hydrogen) atoms. The zero-order valence-electron chi connectivity index (χ0n) is 15.7. The molecule has 0 aromatic carbocycles. The van der Waals surface area contributed by atoms with Crippen LogP contribution in [0.15, 0.2) is 12.4 Å². The molecule has 0 radical (unpaired) electrons. The minimum Gasteiger partial charge on any atom is -0.353 e. The summed E-state index contributed by atoms with van der Waals surface area (Å²) in [5.74, 6) is 0.614. The highest BCUT2D eigenvalue weighted by molar-refractivity contribution is 7.91. The summed E-state index contributed by atoms with van der Waals surface area (Å²) in [5.41, 5.74) is 1.22. The van der Waals surface area contributed by atoms with E-state index >= 15 is 0 Å². The SMILES string of the molecule is CC[C@@H]1CN(Cc2cnn(C)c2)CC[C@@H]1NC(=O)C1CCS(=O)(=O)CC1. The van der Waals surface area contributed by atoms with Gasteiger partial charge in [0.15, 0.2) is 0 Å². The van der Waals surface area contributed by atoms with Crippen molar-refractivity contribution in [2.45, 2.75) is 45.2 Å². The second kappa shape index (κ2) is 8.08. The van der Waals surface area contributed by atoms with E-state index in [1.807, 2.05) is 24.1 Å². The fraction of sp³-hybridized carbons (Fsp3) is 0.778. The van der Waals surface area contributed by atoms with Crippen molar-refractivity contribution >= 4 is 15.7 Å². The number of amides is 1. The molecule has 0 aliphatic carbocycles. The number of carbonyl (C=O) groups excluding carboxylic acids is 1. The highest BCUT2D eigenvalue weighted by atomic mass is 32.2. The number of piperidine rings is 1. The molecule has 0 unspecified atom stereocenters. The summed E-state index contributed by atoms with van der Waals surface area (Å²) in [5, 5.41) is 7.46. The summed E-state index contributed by atoms with van der Waals surface area (Å²) in [6, 6.07) is 0.191. The van der Waals surface area contributed by atoms with Crippen molar-refractivity contribution < 1.29 is 13.2 Å². The summed E-state index contributed by atoms with van der Waals surface area (Å²) >= 11 is 0. The molecule has 2 atom stereocenters. The summed E-state index contributed by atoms with van der Waals surface area (Å²) in [6.07, 6.45) is 6.84. The zero-order chi connectivity index (χ0) is 18.7. The van der Waals surface area contributed by atoms with Gasteiger partial charge in [0.1, 0.15) is 9.84 Å². The minimum atomic E-state index is -2.93. The molecular weight excluding hydrogens is 352 g/mol. The lowest BCUT2D eigenvalue weighted by Crippen LogP contribution is -2.52. The van der Waals surface area contributed by atoms with Crippen molar-refractivity contribution in [1.82, 2.24) is 20.0 Å². The van der Waals surface area contributed by atoms with Crippen molar-refractivity contribution in [2.24, 2.45) is 18.9 Å². The molecule has 1 amide bonds. The van der Waals surface area contributed by atoms with Crippen LogP contribution in [0.3, 0.4) is 0 Å². The third-order valence-electron chi connectivity index (χ3n) is 5.76. The number of hydrogen-bond acceptors (Lipinski definition) is 5. The first-order valence-electron chi connectivity index (χ1n) is 9.57. The van der Waals surface area contributed by atoms with Crippen molar-refractivity contribution in [3.63, 3.8) is 0 Å². The maximum Gasteiger partial charge on any atom is 0.223 e. The van der Waals surface area contributed by atoms with Gasteiger partial charge in [-0.25, -0.2) is 8.42 Å². The Labute approximate surface area is 156 Å². The molecule has 8 heteroatoms. The van der Waals surface area contributed by atoms with Crippen LogP contribution in [0.2, 0.25) is 0 Å². The van der Waals surface area contributed by atoms with Crippen LogP contribution >= 0.6 is 0 Å². The van der Waals surface area contributed by atoms with E-state index < -0.39 is 9.84 Å². The molecule has 3 rings (SSSR count). The van der Waals surface area contributed by atoms with Gasteiger partial charge in [0.25, 0.3) is 0 Å². The molecule has 3 heterocycles. The van der Waals surface area contributed by atoms with Gasteiger partial charge in [-0.1, -0.05) is 13.3 Å². The maximum absolute atomic E-state index is 12.6. The van der Waals surface area contributed by atoms with E-state index in [0.717, 1.165) is 32.5 Å². The summed E-state index contributed by atoms with van der Waals surface area (Å²) < 4.78 is 24.9. The lowest BCUT2D eigenvalue weighted by atomic mass is 9.88. The van der Waals surface area contributed by atoms with E-state index in [9.17, 15) is 13.2 Å². The average Bonchev–Trinajstić information content (AvgIpc) is 3.01. The maximum atomic E-state index is 12.6. The molecule has 2 aliphatic rings. The standard InChI is InChI=1S/C18H30N4O3S/c1-3-15-13-22(12-14-10-19-21(2)11-14)7-4-17(15)20-18(23)16-5-8-26(24,25)9-6-16/h10-11,15-17H,3-9,12-13H2,1-2H3,(H,20,23)/t15-,17+/m1/s1. The van der Waals surface area contributed by atoms with Crippen LogP contribution in [0.5, 0.6) is 0 Å². The van der Waals surface area contributed by atoms with Crippen LogP contribution < -0.4 is 5.32 Å². The number of aromatic nitrogens is 2. The second-order valence-corrected chi connectivity index (χ2v) is 10.1. The monoisotopic (exact) mass is 382 g/mol. The lowest BCUT2D eigenvalue weighted by Gasteiger charge is -2.39. The molecular formula is C18H30N4O3S.